The van der Waals surface area contributed by atoms with E-state index in [-0.39, 0.29) is 6.42 Å². The Hall–Kier alpha value is -0.650. The fourth-order valence-electron chi connectivity index (χ4n) is 1.28. The molecule has 0 saturated carbocycles. The van der Waals surface area contributed by atoms with E-state index in [1.54, 1.807) is 7.11 Å². The molecule has 0 aliphatic rings. The number of likely N-dealkylation sites (N-methyl/N-ethyl adjacent to an activating group) is 1. The Morgan fingerprint density at radius 2 is 2.06 bits per heavy atom. The SMILES string of the molecule is COCCN(C)CCNCCCCC(=O)O. The van der Waals surface area contributed by atoms with E-state index in [1.807, 2.05) is 0 Å². The summed E-state index contributed by atoms with van der Waals surface area (Å²) in [4.78, 5) is 12.4. The van der Waals surface area contributed by atoms with Gasteiger partial charge in [0.25, 0.3) is 0 Å². The minimum absolute atomic E-state index is 0.273. The van der Waals surface area contributed by atoms with Crippen molar-refractivity contribution >= 4 is 5.97 Å². The van der Waals surface area contributed by atoms with Crippen LogP contribution in [-0.2, 0) is 9.53 Å². The lowest BCUT2D eigenvalue weighted by molar-refractivity contribution is -0.137. The molecule has 2 N–H and O–H groups in total. The number of aliphatic carboxylic acids is 1. The van der Waals surface area contributed by atoms with Gasteiger partial charge in [-0.2, -0.15) is 0 Å². The third-order valence-corrected chi connectivity index (χ3v) is 2.34. The molecule has 0 bridgehead atoms. The molecule has 0 aliphatic heterocycles. The minimum Gasteiger partial charge on any atom is -0.481 e. The Morgan fingerprint density at radius 3 is 2.69 bits per heavy atom. The molecule has 16 heavy (non-hydrogen) atoms. The van der Waals surface area contributed by atoms with Crippen LogP contribution in [0.25, 0.3) is 0 Å². The van der Waals surface area contributed by atoms with Crippen molar-refractivity contribution < 1.29 is 14.6 Å². The van der Waals surface area contributed by atoms with Gasteiger partial charge < -0.3 is 20.1 Å². The maximum atomic E-state index is 10.2. The highest BCUT2D eigenvalue weighted by Crippen LogP contribution is 1.93. The molecule has 0 amide bonds. The van der Waals surface area contributed by atoms with Gasteiger partial charge in [0.15, 0.2) is 0 Å². The molecule has 0 spiro atoms. The highest BCUT2D eigenvalue weighted by Gasteiger charge is 1.98. The van der Waals surface area contributed by atoms with Crippen LogP contribution in [0.15, 0.2) is 0 Å². The lowest BCUT2D eigenvalue weighted by atomic mass is 10.2. The third-order valence-electron chi connectivity index (χ3n) is 2.34. The van der Waals surface area contributed by atoms with Crippen molar-refractivity contribution in [1.82, 2.24) is 10.2 Å². The summed E-state index contributed by atoms with van der Waals surface area (Å²) in [6.07, 6.45) is 1.95. The molecule has 0 aromatic heterocycles. The quantitative estimate of drug-likeness (QED) is 0.505. The number of nitrogens with one attached hydrogen (secondary N) is 1. The summed E-state index contributed by atoms with van der Waals surface area (Å²) < 4.78 is 4.98. The van der Waals surface area contributed by atoms with Gasteiger partial charge in [-0.05, 0) is 26.4 Å². The normalized spacial score (nSPS) is 10.9. The van der Waals surface area contributed by atoms with E-state index in [1.165, 1.54) is 0 Å². The zero-order valence-corrected chi connectivity index (χ0v) is 10.4. The van der Waals surface area contributed by atoms with Crippen LogP contribution in [-0.4, -0.2) is 62.9 Å². The summed E-state index contributed by atoms with van der Waals surface area (Å²) in [6.45, 7) is 4.52. The zero-order chi connectivity index (χ0) is 12.2. The molecule has 0 radical (unpaired) electrons. The average Bonchev–Trinajstić information content (AvgIpc) is 2.24. The highest BCUT2D eigenvalue weighted by atomic mass is 16.5. The molecule has 0 aromatic rings. The fraction of sp³-hybridized carbons (Fsp3) is 0.909. The summed E-state index contributed by atoms with van der Waals surface area (Å²) >= 11 is 0. The van der Waals surface area contributed by atoms with Crippen molar-refractivity contribution in [2.24, 2.45) is 0 Å². The summed E-state index contributed by atoms with van der Waals surface area (Å²) in [5.74, 6) is -0.709. The summed E-state index contributed by atoms with van der Waals surface area (Å²) in [5, 5.41) is 11.7. The number of carboxylic acids is 1. The monoisotopic (exact) mass is 232 g/mol. The third kappa shape index (κ3) is 11.4. The van der Waals surface area contributed by atoms with Gasteiger partial charge in [0, 0.05) is 33.2 Å². The van der Waals surface area contributed by atoms with Gasteiger partial charge in [-0.25, -0.2) is 0 Å². The van der Waals surface area contributed by atoms with Crippen molar-refractivity contribution in [3.05, 3.63) is 0 Å². The number of hydrogen-bond donors (Lipinski definition) is 2. The second-order valence-electron chi connectivity index (χ2n) is 3.90. The topological polar surface area (TPSA) is 61.8 Å². The number of carbonyl (C=O) groups is 1. The first-order valence-electron chi connectivity index (χ1n) is 5.76. The van der Waals surface area contributed by atoms with Crippen LogP contribution in [0.2, 0.25) is 0 Å². The van der Waals surface area contributed by atoms with Crippen molar-refractivity contribution in [1.29, 1.82) is 0 Å². The lowest BCUT2D eigenvalue weighted by Crippen LogP contribution is -2.31. The molecule has 5 heteroatoms. The summed E-state index contributed by atoms with van der Waals surface area (Å²) in [7, 11) is 3.76. The Bertz CT molecular complexity index is 177. The molecule has 0 fully saturated rings. The van der Waals surface area contributed by atoms with Crippen LogP contribution < -0.4 is 5.32 Å². The molecule has 0 atom stereocenters. The van der Waals surface area contributed by atoms with Crippen LogP contribution >= 0.6 is 0 Å². The second-order valence-corrected chi connectivity index (χ2v) is 3.90. The number of nitrogens with zero attached hydrogens (tertiary/aromatic N) is 1. The zero-order valence-electron chi connectivity index (χ0n) is 10.4. The van der Waals surface area contributed by atoms with E-state index in [0.29, 0.717) is 0 Å². The van der Waals surface area contributed by atoms with Crippen LogP contribution in [0.5, 0.6) is 0 Å². The molecule has 0 rings (SSSR count). The predicted molar refractivity (Wildman–Crippen MR) is 63.7 cm³/mol. The molecule has 0 aliphatic carbocycles. The minimum atomic E-state index is -0.709. The highest BCUT2D eigenvalue weighted by molar-refractivity contribution is 5.66. The largest absolute Gasteiger partial charge is 0.481 e. The number of carboxylic acid groups (broad SMARTS) is 1. The first kappa shape index (κ1) is 15.3. The van der Waals surface area contributed by atoms with Gasteiger partial charge >= 0.3 is 5.97 Å². The maximum absolute atomic E-state index is 10.2. The number of unbranched alkanes of at least 4 members (excludes halogenated alkanes) is 1. The van der Waals surface area contributed by atoms with Crippen LogP contribution in [0, 0.1) is 0 Å². The molecule has 0 saturated heterocycles. The van der Waals surface area contributed by atoms with Gasteiger partial charge in [0.05, 0.1) is 6.61 Å². The average molecular weight is 232 g/mol. The Kier molecular flexibility index (Phi) is 10.4. The van der Waals surface area contributed by atoms with Gasteiger partial charge in [0.1, 0.15) is 0 Å². The van der Waals surface area contributed by atoms with E-state index >= 15 is 0 Å². The van der Waals surface area contributed by atoms with E-state index in [4.69, 9.17) is 9.84 Å². The van der Waals surface area contributed by atoms with Gasteiger partial charge in [-0.3, -0.25) is 4.79 Å². The smallest absolute Gasteiger partial charge is 0.303 e. The van der Waals surface area contributed by atoms with Crippen molar-refractivity contribution in [3.8, 4) is 0 Å². The molecular formula is C11H24N2O3. The van der Waals surface area contributed by atoms with E-state index in [9.17, 15) is 4.79 Å². The van der Waals surface area contributed by atoms with Gasteiger partial charge in [-0.15, -0.1) is 0 Å². The van der Waals surface area contributed by atoms with Crippen LogP contribution in [0.1, 0.15) is 19.3 Å². The number of ether oxygens (including phenoxy) is 1. The standard InChI is InChI=1S/C11H24N2O3/c1-13(9-10-16-2)8-7-12-6-4-3-5-11(14)15/h12H,3-10H2,1-2H3,(H,14,15). The van der Waals surface area contributed by atoms with E-state index < -0.39 is 5.97 Å². The molecule has 0 aromatic carbocycles. The second kappa shape index (κ2) is 10.9. The lowest BCUT2D eigenvalue weighted by Gasteiger charge is -2.16. The van der Waals surface area contributed by atoms with Crippen LogP contribution in [0.3, 0.4) is 0 Å². The predicted octanol–water partition coefficient (Wildman–Crippen LogP) is 0.409. The summed E-state index contributed by atoms with van der Waals surface area (Å²) in [6, 6.07) is 0. The van der Waals surface area contributed by atoms with Crippen molar-refractivity contribution in [3.63, 3.8) is 0 Å². The number of hydrogen-bond acceptors (Lipinski definition) is 4. The number of rotatable bonds is 11. The van der Waals surface area contributed by atoms with Gasteiger partial charge in [-0.1, -0.05) is 0 Å². The molecular weight excluding hydrogens is 208 g/mol. The molecule has 96 valence electrons. The molecule has 0 unspecified atom stereocenters. The Morgan fingerprint density at radius 1 is 1.31 bits per heavy atom. The first-order valence-corrected chi connectivity index (χ1v) is 5.76. The summed E-state index contributed by atoms with van der Waals surface area (Å²) in [5.41, 5.74) is 0. The van der Waals surface area contributed by atoms with Crippen molar-refractivity contribution in [2.45, 2.75) is 19.3 Å². The Balaban J connectivity index is 3.11. The maximum Gasteiger partial charge on any atom is 0.303 e. The molecule has 5 nitrogen and oxygen atoms in total. The fourth-order valence-corrected chi connectivity index (χ4v) is 1.28. The van der Waals surface area contributed by atoms with E-state index in [2.05, 4.69) is 17.3 Å². The van der Waals surface area contributed by atoms with Crippen LogP contribution in [0.4, 0.5) is 0 Å². The number of methoxy groups -OCH3 is 1. The van der Waals surface area contributed by atoms with Crippen molar-refractivity contribution in [2.75, 3.05) is 46.9 Å². The first-order chi connectivity index (χ1) is 7.66. The van der Waals surface area contributed by atoms with Gasteiger partial charge in [0.2, 0.25) is 0 Å². The van der Waals surface area contributed by atoms with E-state index in [0.717, 1.165) is 45.6 Å². The Labute approximate surface area is 97.8 Å². The molecule has 0 heterocycles.